The molecule has 2 aliphatic rings. The summed E-state index contributed by atoms with van der Waals surface area (Å²) in [5.41, 5.74) is 6.43. The maximum absolute atomic E-state index is 5.67. The first-order valence-corrected chi connectivity index (χ1v) is 8.40. The average Bonchev–Trinajstić information content (AvgIpc) is 2.47. The van der Waals surface area contributed by atoms with Gasteiger partial charge in [-0.2, -0.15) is 0 Å². The molecule has 0 radical (unpaired) electrons. The van der Waals surface area contributed by atoms with Crippen molar-refractivity contribution in [3.8, 4) is 0 Å². The highest BCUT2D eigenvalue weighted by molar-refractivity contribution is 7.99. The maximum atomic E-state index is 5.67. The summed E-state index contributed by atoms with van der Waals surface area (Å²) in [5.74, 6) is 2.05. The van der Waals surface area contributed by atoms with Gasteiger partial charge in [0.15, 0.2) is 0 Å². The number of fused-ring (bicyclic) bond motifs is 1. The van der Waals surface area contributed by atoms with E-state index in [-0.39, 0.29) is 0 Å². The van der Waals surface area contributed by atoms with Gasteiger partial charge in [-0.15, -0.1) is 11.8 Å². The molecule has 0 aromatic carbocycles. The molecule has 0 bridgehead atoms. The topological polar surface area (TPSA) is 42.1 Å². The predicted molar refractivity (Wildman–Crippen MR) is 81.3 cm³/mol. The number of anilines is 1. The fourth-order valence-corrected chi connectivity index (χ4v) is 4.51. The second kappa shape index (κ2) is 6.14. The van der Waals surface area contributed by atoms with Crippen molar-refractivity contribution >= 4 is 17.4 Å². The van der Waals surface area contributed by atoms with Crippen LogP contribution in [0.1, 0.15) is 32.1 Å². The van der Waals surface area contributed by atoms with Crippen molar-refractivity contribution in [3.63, 3.8) is 0 Å². The van der Waals surface area contributed by atoms with Crippen molar-refractivity contribution in [2.45, 2.75) is 43.2 Å². The van der Waals surface area contributed by atoms with E-state index in [4.69, 9.17) is 5.73 Å². The van der Waals surface area contributed by atoms with Gasteiger partial charge in [0.25, 0.3) is 0 Å². The third-order valence-electron chi connectivity index (χ3n) is 4.43. The Morgan fingerprint density at radius 1 is 1.21 bits per heavy atom. The molecule has 2 fully saturated rings. The number of hydrogen-bond donors (Lipinski definition) is 1. The predicted octanol–water partition coefficient (Wildman–Crippen LogP) is 3.02. The van der Waals surface area contributed by atoms with E-state index >= 15 is 0 Å². The first-order chi connectivity index (χ1) is 9.33. The van der Waals surface area contributed by atoms with Gasteiger partial charge < -0.3 is 10.6 Å². The van der Waals surface area contributed by atoms with Gasteiger partial charge in [-0.1, -0.05) is 6.42 Å². The standard InChI is InChI=1S/C15H23N3S/c16-13-6-7-15(17-10-13)19-11-12-4-3-9-18-8-2-1-5-14(12)18/h6-7,10,12,14H,1-5,8-9,11,16H2/t12-,14+/m1/s1. The molecule has 0 aliphatic carbocycles. The molecule has 2 saturated heterocycles. The zero-order valence-corrected chi connectivity index (χ0v) is 12.2. The molecule has 104 valence electrons. The van der Waals surface area contributed by atoms with E-state index in [1.807, 2.05) is 23.9 Å². The van der Waals surface area contributed by atoms with E-state index in [9.17, 15) is 0 Å². The van der Waals surface area contributed by atoms with Crippen molar-refractivity contribution in [3.05, 3.63) is 18.3 Å². The van der Waals surface area contributed by atoms with Gasteiger partial charge >= 0.3 is 0 Å². The Morgan fingerprint density at radius 3 is 2.95 bits per heavy atom. The minimum absolute atomic E-state index is 0.750. The van der Waals surface area contributed by atoms with Gasteiger partial charge in [-0.25, -0.2) is 4.98 Å². The zero-order valence-electron chi connectivity index (χ0n) is 11.4. The van der Waals surface area contributed by atoms with Crippen LogP contribution in [0.4, 0.5) is 5.69 Å². The summed E-state index contributed by atoms with van der Waals surface area (Å²) in [5, 5.41) is 1.11. The molecule has 0 unspecified atom stereocenters. The molecule has 2 N–H and O–H groups in total. The molecule has 4 heteroatoms. The second-order valence-electron chi connectivity index (χ2n) is 5.74. The Labute approximate surface area is 120 Å². The van der Waals surface area contributed by atoms with Gasteiger partial charge in [-0.3, -0.25) is 0 Å². The van der Waals surface area contributed by atoms with Crippen LogP contribution in [0.15, 0.2) is 23.4 Å². The van der Waals surface area contributed by atoms with Gasteiger partial charge in [0.1, 0.15) is 0 Å². The molecule has 0 spiro atoms. The lowest BCUT2D eigenvalue weighted by atomic mass is 9.85. The normalized spacial score (nSPS) is 28.0. The molecule has 0 saturated carbocycles. The SMILES string of the molecule is Nc1ccc(SC[C@H]2CCCN3CCCC[C@@H]23)nc1. The molecule has 3 heterocycles. The van der Waals surface area contributed by atoms with Crippen molar-refractivity contribution < 1.29 is 0 Å². The number of nitrogens with two attached hydrogens (primary N) is 1. The summed E-state index contributed by atoms with van der Waals surface area (Å²) in [6, 6.07) is 4.83. The van der Waals surface area contributed by atoms with E-state index in [0.29, 0.717) is 0 Å². The van der Waals surface area contributed by atoms with E-state index < -0.39 is 0 Å². The summed E-state index contributed by atoms with van der Waals surface area (Å²) in [4.78, 5) is 7.12. The molecule has 1 aromatic rings. The number of aromatic nitrogens is 1. The highest BCUT2D eigenvalue weighted by Crippen LogP contribution is 2.34. The van der Waals surface area contributed by atoms with Crippen LogP contribution in [0.5, 0.6) is 0 Å². The first-order valence-electron chi connectivity index (χ1n) is 7.41. The minimum Gasteiger partial charge on any atom is -0.397 e. The van der Waals surface area contributed by atoms with Gasteiger partial charge in [0.2, 0.25) is 0 Å². The Balaban J connectivity index is 1.57. The third-order valence-corrected chi connectivity index (χ3v) is 5.57. The third kappa shape index (κ3) is 3.23. The molecular formula is C15H23N3S. The highest BCUT2D eigenvalue weighted by atomic mass is 32.2. The van der Waals surface area contributed by atoms with E-state index in [1.165, 1.54) is 50.9 Å². The number of nitrogens with zero attached hydrogens (tertiary/aromatic N) is 2. The lowest BCUT2D eigenvalue weighted by Gasteiger charge is -2.44. The number of thioether (sulfide) groups is 1. The van der Waals surface area contributed by atoms with Crippen LogP contribution in [0.25, 0.3) is 0 Å². The maximum Gasteiger partial charge on any atom is 0.0961 e. The smallest absolute Gasteiger partial charge is 0.0961 e. The number of hydrogen-bond acceptors (Lipinski definition) is 4. The summed E-state index contributed by atoms with van der Waals surface area (Å²) < 4.78 is 0. The largest absolute Gasteiger partial charge is 0.397 e. The molecule has 0 amide bonds. The average molecular weight is 277 g/mol. The molecule has 2 aliphatic heterocycles. The number of piperidine rings is 2. The summed E-state index contributed by atoms with van der Waals surface area (Å²) in [6.07, 6.45) is 8.74. The van der Waals surface area contributed by atoms with E-state index in [0.717, 1.165) is 22.7 Å². The Bertz CT molecular complexity index is 404. The van der Waals surface area contributed by atoms with Crippen LogP contribution in [-0.2, 0) is 0 Å². The first kappa shape index (κ1) is 13.3. The molecule has 1 aromatic heterocycles. The van der Waals surface area contributed by atoms with Gasteiger partial charge in [-0.05, 0) is 56.8 Å². The highest BCUT2D eigenvalue weighted by Gasteiger charge is 2.32. The molecule has 19 heavy (non-hydrogen) atoms. The number of pyridine rings is 1. The van der Waals surface area contributed by atoms with Gasteiger partial charge in [0.05, 0.1) is 16.9 Å². The summed E-state index contributed by atoms with van der Waals surface area (Å²) in [6.45, 7) is 2.65. The summed E-state index contributed by atoms with van der Waals surface area (Å²) >= 11 is 1.90. The van der Waals surface area contributed by atoms with Crippen molar-refractivity contribution in [2.75, 3.05) is 24.6 Å². The Kier molecular flexibility index (Phi) is 4.28. The quantitative estimate of drug-likeness (QED) is 0.862. The van der Waals surface area contributed by atoms with Crippen molar-refractivity contribution in [1.82, 2.24) is 9.88 Å². The monoisotopic (exact) mass is 277 g/mol. The van der Waals surface area contributed by atoms with Crippen LogP contribution in [0, 0.1) is 5.92 Å². The molecule has 3 rings (SSSR count). The van der Waals surface area contributed by atoms with Crippen LogP contribution < -0.4 is 5.73 Å². The Morgan fingerprint density at radius 2 is 2.11 bits per heavy atom. The molecular weight excluding hydrogens is 254 g/mol. The van der Waals surface area contributed by atoms with E-state index in [1.54, 1.807) is 6.20 Å². The minimum atomic E-state index is 0.750. The van der Waals surface area contributed by atoms with Crippen molar-refractivity contribution in [2.24, 2.45) is 5.92 Å². The number of rotatable bonds is 3. The molecule has 2 atom stereocenters. The molecule has 3 nitrogen and oxygen atoms in total. The van der Waals surface area contributed by atoms with Gasteiger partial charge in [0, 0.05) is 11.8 Å². The van der Waals surface area contributed by atoms with Crippen LogP contribution >= 0.6 is 11.8 Å². The Hall–Kier alpha value is -0.740. The van der Waals surface area contributed by atoms with E-state index in [2.05, 4.69) is 9.88 Å². The van der Waals surface area contributed by atoms with Crippen LogP contribution in [-0.4, -0.2) is 34.8 Å². The van der Waals surface area contributed by atoms with Crippen LogP contribution in [0.2, 0.25) is 0 Å². The van der Waals surface area contributed by atoms with Crippen molar-refractivity contribution in [1.29, 1.82) is 0 Å². The van der Waals surface area contributed by atoms with Crippen LogP contribution in [0.3, 0.4) is 0 Å². The lowest BCUT2D eigenvalue weighted by molar-refractivity contribution is 0.0693. The summed E-state index contributed by atoms with van der Waals surface area (Å²) in [7, 11) is 0. The zero-order chi connectivity index (χ0) is 13.1. The number of nitrogen functional groups attached to an aromatic ring is 1. The fraction of sp³-hybridized carbons (Fsp3) is 0.667. The lowest BCUT2D eigenvalue weighted by Crippen LogP contribution is -2.48. The second-order valence-corrected chi connectivity index (χ2v) is 6.78. The fourth-order valence-electron chi connectivity index (χ4n) is 3.44.